The molecule has 1 aliphatic carbocycles. The minimum Gasteiger partial charge on any atom is -0.346 e. The summed E-state index contributed by atoms with van der Waals surface area (Å²) >= 11 is 1.69. The van der Waals surface area contributed by atoms with Gasteiger partial charge in [0.1, 0.15) is 5.51 Å². The molecule has 2 aliphatic heterocycles. The van der Waals surface area contributed by atoms with Gasteiger partial charge in [0.2, 0.25) is 5.13 Å². The molecule has 20 heavy (non-hydrogen) atoms. The number of aromatic nitrogens is 2. The van der Waals surface area contributed by atoms with Crippen LogP contribution in [-0.2, 0) is 0 Å². The molecule has 0 amide bonds. The first kappa shape index (κ1) is 13.0. The number of piperidine rings is 1. The topological polar surface area (TPSA) is 32.3 Å². The van der Waals surface area contributed by atoms with E-state index in [9.17, 15) is 0 Å². The number of anilines is 1. The summed E-state index contributed by atoms with van der Waals surface area (Å²) < 4.78 is 0. The van der Waals surface area contributed by atoms with E-state index in [2.05, 4.69) is 20.0 Å². The van der Waals surface area contributed by atoms with Crippen LogP contribution >= 0.6 is 11.3 Å². The Labute approximate surface area is 125 Å². The Kier molecular flexibility index (Phi) is 3.42. The molecule has 0 radical (unpaired) electrons. The molecule has 3 heterocycles. The van der Waals surface area contributed by atoms with Crippen LogP contribution in [0.15, 0.2) is 5.51 Å². The lowest BCUT2D eigenvalue weighted by Gasteiger charge is -2.40. The number of hydrogen-bond donors (Lipinski definition) is 0. The number of likely N-dealkylation sites (tertiary alicyclic amines) is 1. The van der Waals surface area contributed by atoms with Crippen molar-refractivity contribution in [2.24, 2.45) is 11.3 Å². The zero-order valence-electron chi connectivity index (χ0n) is 12.1. The summed E-state index contributed by atoms with van der Waals surface area (Å²) in [5.41, 5.74) is 2.39. The highest BCUT2D eigenvalue weighted by Gasteiger charge is 2.42. The average Bonchev–Trinajstić information content (AvgIpc) is 3.05. The van der Waals surface area contributed by atoms with E-state index in [0.717, 1.165) is 11.0 Å². The average molecular weight is 292 g/mol. The largest absolute Gasteiger partial charge is 0.346 e. The molecule has 0 aromatic carbocycles. The third-order valence-electron chi connectivity index (χ3n) is 5.54. The first-order chi connectivity index (χ1) is 9.83. The van der Waals surface area contributed by atoms with Crippen LogP contribution in [0.5, 0.6) is 0 Å². The summed E-state index contributed by atoms with van der Waals surface area (Å²) in [5.74, 6) is 1.01. The Hall–Kier alpha value is -0.680. The summed E-state index contributed by atoms with van der Waals surface area (Å²) in [6.07, 6.45) is 8.52. The molecular weight excluding hydrogens is 268 g/mol. The van der Waals surface area contributed by atoms with E-state index in [-0.39, 0.29) is 0 Å². The Bertz CT molecular complexity index is 445. The first-order valence-corrected chi connectivity index (χ1v) is 8.94. The molecule has 1 saturated carbocycles. The minimum absolute atomic E-state index is 0.535. The molecule has 3 fully saturated rings. The predicted molar refractivity (Wildman–Crippen MR) is 82.2 cm³/mol. The maximum atomic E-state index is 4.27. The van der Waals surface area contributed by atoms with E-state index in [1.165, 1.54) is 71.2 Å². The normalized spacial score (nSPS) is 31.9. The molecular formula is C15H24N4S. The van der Waals surface area contributed by atoms with Crippen molar-refractivity contribution < 1.29 is 0 Å². The number of nitrogens with zero attached hydrogens (tertiary/aromatic N) is 4. The molecule has 0 N–H and O–H groups in total. The fourth-order valence-electron chi connectivity index (χ4n) is 4.23. The Morgan fingerprint density at radius 3 is 2.90 bits per heavy atom. The Balaban J connectivity index is 1.39. The SMILES string of the molecule is c1nnc(N2CCC[C@@]3(CCN(CC4CCC4)C3)C2)s1. The van der Waals surface area contributed by atoms with Gasteiger partial charge in [0, 0.05) is 31.6 Å². The van der Waals surface area contributed by atoms with Crippen molar-refractivity contribution in [2.75, 3.05) is 37.6 Å². The highest BCUT2D eigenvalue weighted by molar-refractivity contribution is 7.13. The lowest BCUT2D eigenvalue weighted by molar-refractivity contribution is 0.173. The molecule has 1 spiro atoms. The quantitative estimate of drug-likeness (QED) is 0.857. The van der Waals surface area contributed by atoms with E-state index >= 15 is 0 Å². The van der Waals surface area contributed by atoms with Crippen LogP contribution in [0.3, 0.4) is 0 Å². The number of rotatable bonds is 3. The molecule has 1 aromatic heterocycles. The lowest BCUT2D eigenvalue weighted by Crippen LogP contribution is -2.45. The van der Waals surface area contributed by atoms with Gasteiger partial charge in [0.25, 0.3) is 0 Å². The molecule has 0 bridgehead atoms. The van der Waals surface area contributed by atoms with Gasteiger partial charge in [0.05, 0.1) is 0 Å². The summed E-state index contributed by atoms with van der Waals surface area (Å²) in [4.78, 5) is 5.22. The molecule has 3 aliphatic rings. The van der Waals surface area contributed by atoms with Crippen molar-refractivity contribution in [3.05, 3.63) is 5.51 Å². The summed E-state index contributed by atoms with van der Waals surface area (Å²) in [6, 6.07) is 0. The van der Waals surface area contributed by atoms with Gasteiger partial charge in [-0.1, -0.05) is 17.8 Å². The van der Waals surface area contributed by atoms with Crippen LogP contribution in [0.2, 0.25) is 0 Å². The fourth-order valence-corrected chi connectivity index (χ4v) is 4.82. The van der Waals surface area contributed by atoms with Crippen LogP contribution in [0, 0.1) is 11.3 Å². The summed E-state index contributed by atoms with van der Waals surface area (Å²) in [7, 11) is 0. The van der Waals surface area contributed by atoms with Crippen LogP contribution in [-0.4, -0.2) is 47.8 Å². The van der Waals surface area contributed by atoms with Crippen LogP contribution < -0.4 is 4.90 Å². The molecule has 1 aromatic rings. The van der Waals surface area contributed by atoms with Crippen LogP contribution in [0.4, 0.5) is 5.13 Å². The molecule has 4 nitrogen and oxygen atoms in total. The predicted octanol–water partition coefficient (Wildman–Crippen LogP) is 2.63. The van der Waals surface area contributed by atoms with Crippen molar-refractivity contribution in [3.8, 4) is 0 Å². The van der Waals surface area contributed by atoms with Gasteiger partial charge in [-0.05, 0) is 44.6 Å². The van der Waals surface area contributed by atoms with Gasteiger partial charge in [-0.3, -0.25) is 0 Å². The minimum atomic E-state index is 0.535. The van der Waals surface area contributed by atoms with E-state index in [1.807, 2.05) is 5.51 Å². The molecule has 110 valence electrons. The second kappa shape index (κ2) is 5.26. The van der Waals surface area contributed by atoms with Crippen LogP contribution in [0.25, 0.3) is 0 Å². The highest BCUT2D eigenvalue weighted by Crippen LogP contribution is 2.41. The van der Waals surface area contributed by atoms with Gasteiger partial charge in [-0.25, -0.2) is 0 Å². The van der Waals surface area contributed by atoms with Crippen molar-refractivity contribution in [2.45, 2.75) is 38.5 Å². The van der Waals surface area contributed by atoms with Crippen molar-refractivity contribution in [1.29, 1.82) is 0 Å². The number of hydrogen-bond acceptors (Lipinski definition) is 5. The fraction of sp³-hybridized carbons (Fsp3) is 0.867. The Morgan fingerprint density at radius 1 is 1.20 bits per heavy atom. The Morgan fingerprint density at radius 2 is 2.15 bits per heavy atom. The van der Waals surface area contributed by atoms with Crippen molar-refractivity contribution >= 4 is 16.5 Å². The maximum Gasteiger partial charge on any atom is 0.208 e. The van der Waals surface area contributed by atoms with Crippen molar-refractivity contribution in [1.82, 2.24) is 15.1 Å². The second-order valence-electron chi connectivity index (χ2n) is 7.03. The lowest BCUT2D eigenvalue weighted by atomic mass is 9.79. The summed E-state index contributed by atoms with van der Waals surface area (Å²) in [6.45, 7) is 6.36. The van der Waals surface area contributed by atoms with E-state index in [1.54, 1.807) is 11.3 Å². The zero-order valence-corrected chi connectivity index (χ0v) is 12.9. The monoisotopic (exact) mass is 292 g/mol. The standard InChI is InChI=1S/C15H24N4S/c1-3-13(4-1)9-18-8-6-15(10-18)5-2-7-19(11-15)14-17-16-12-20-14/h12-13H,1-11H2/t15-/m0/s1. The smallest absolute Gasteiger partial charge is 0.208 e. The molecule has 1 atom stereocenters. The molecule has 4 rings (SSSR count). The molecule has 2 saturated heterocycles. The first-order valence-electron chi connectivity index (χ1n) is 8.07. The molecule has 0 unspecified atom stereocenters. The second-order valence-corrected chi connectivity index (χ2v) is 7.84. The van der Waals surface area contributed by atoms with E-state index in [4.69, 9.17) is 0 Å². The van der Waals surface area contributed by atoms with Crippen LogP contribution in [0.1, 0.15) is 38.5 Å². The third kappa shape index (κ3) is 2.46. The van der Waals surface area contributed by atoms with Gasteiger partial charge in [-0.2, -0.15) is 0 Å². The van der Waals surface area contributed by atoms with Gasteiger partial charge in [-0.15, -0.1) is 10.2 Å². The summed E-state index contributed by atoms with van der Waals surface area (Å²) in [5, 5.41) is 9.39. The third-order valence-corrected chi connectivity index (χ3v) is 6.29. The van der Waals surface area contributed by atoms with E-state index in [0.29, 0.717) is 5.41 Å². The van der Waals surface area contributed by atoms with E-state index < -0.39 is 0 Å². The van der Waals surface area contributed by atoms with Gasteiger partial charge < -0.3 is 9.80 Å². The maximum absolute atomic E-state index is 4.27. The molecule has 5 heteroatoms. The van der Waals surface area contributed by atoms with Gasteiger partial charge in [0.15, 0.2) is 0 Å². The van der Waals surface area contributed by atoms with Gasteiger partial charge >= 0.3 is 0 Å². The zero-order chi connectivity index (χ0) is 13.4. The highest BCUT2D eigenvalue weighted by atomic mass is 32.1. The van der Waals surface area contributed by atoms with Crippen molar-refractivity contribution in [3.63, 3.8) is 0 Å².